The minimum Gasteiger partial charge on any atom is -0.370 e. The molecule has 0 aromatic carbocycles. The van der Waals surface area contributed by atoms with Crippen LogP contribution in [0.4, 0.5) is 0 Å². The van der Waals surface area contributed by atoms with Crippen molar-refractivity contribution in [2.75, 3.05) is 33.2 Å². The van der Waals surface area contributed by atoms with E-state index in [-0.39, 0.29) is 0 Å². The van der Waals surface area contributed by atoms with E-state index < -0.39 is 0 Å². The summed E-state index contributed by atoms with van der Waals surface area (Å²) in [6, 6.07) is 0. The maximum absolute atomic E-state index is 5.53. The van der Waals surface area contributed by atoms with Crippen molar-refractivity contribution in [3.8, 4) is 0 Å². The number of rotatable bonds is 5. The van der Waals surface area contributed by atoms with Crippen LogP contribution in [0.1, 0.15) is 13.8 Å². The number of guanidine groups is 1. The van der Waals surface area contributed by atoms with Crippen molar-refractivity contribution in [2.45, 2.75) is 13.8 Å². The summed E-state index contributed by atoms with van der Waals surface area (Å²) in [5.41, 5.74) is 5.53. The molecule has 0 aliphatic rings. The third-order valence-electron chi connectivity index (χ3n) is 1.66. The van der Waals surface area contributed by atoms with Crippen molar-refractivity contribution >= 4 is 5.96 Å². The Morgan fingerprint density at radius 1 is 1.50 bits per heavy atom. The molecule has 0 atom stereocenters. The Hall–Kier alpha value is -0.770. The first-order valence-electron chi connectivity index (χ1n) is 4.43. The predicted molar refractivity (Wildman–Crippen MR) is 53.3 cm³/mol. The lowest BCUT2D eigenvalue weighted by atomic mass is 10.5. The summed E-state index contributed by atoms with van der Waals surface area (Å²) in [6.07, 6.45) is 0. The molecule has 0 bridgehead atoms. The van der Waals surface area contributed by atoms with Gasteiger partial charge in [-0.15, -0.1) is 0 Å². The number of nitrogens with one attached hydrogen (secondary N) is 1. The second kappa shape index (κ2) is 6.91. The van der Waals surface area contributed by atoms with E-state index in [4.69, 9.17) is 5.73 Å². The minimum atomic E-state index is 0.544. The average Bonchev–Trinajstić information content (AvgIpc) is 2.04. The zero-order valence-electron chi connectivity index (χ0n) is 8.30. The van der Waals surface area contributed by atoms with Crippen molar-refractivity contribution in [1.29, 1.82) is 0 Å². The molecule has 0 unspecified atom stereocenters. The Morgan fingerprint density at radius 2 is 2.17 bits per heavy atom. The first-order chi connectivity index (χ1) is 5.70. The van der Waals surface area contributed by atoms with E-state index >= 15 is 0 Å². The van der Waals surface area contributed by atoms with E-state index in [1.165, 1.54) is 0 Å². The van der Waals surface area contributed by atoms with E-state index in [0.29, 0.717) is 5.96 Å². The van der Waals surface area contributed by atoms with Gasteiger partial charge in [0.1, 0.15) is 0 Å². The average molecular weight is 172 g/mol. The van der Waals surface area contributed by atoms with Crippen LogP contribution in [0.2, 0.25) is 0 Å². The third kappa shape index (κ3) is 5.97. The van der Waals surface area contributed by atoms with Gasteiger partial charge in [0, 0.05) is 13.1 Å². The summed E-state index contributed by atoms with van der Waals surface area (Å²) in [4.78, 5) is 6.34. The number of hydrogen-bond donors (Lipinski definition) is 2. The van der Waals surface area contributed by atoms with Crippen molar-refractivity contribution in [3.63, 3.8) is 0 Å². The van der Waals surface area contributed by atoms with E-state index in [2.05, 4.69) is 29.2 Å². The van der Waals surface area contributed by atoms with Crippen LogP contribution in [-0.2, 0) is 0 Å². The molecule has 0 saturated heterocycles. The van der Waals surface area contributed by atoms with E-state index in [1.54, 1.807) is 0 Å². The molecule has 0 radical (unpaired) electrons. The molecule has 0 rings (SSSR count). The fourth-order valence-electron chi connectivity index (χ4n) is 0.736. The van der Waals surface area contributed by atoms with E-state index in [1.807, 2.05) is 6.92 Å². The molecule has 0 amide bonds. The van der Waals surface area contributed by atoms with Gasteiger partial charge in [0.05, 0.1) is 6.54 Å². The molecule has 4 heteroatoms. The Kier molecular flexibility index (Phi) is 6.47. The quantitative estimate of drug-likeness (QED) is 0.448. The maximum Gasteiger partial charge on any atom is 0.188 e. The molecule has 4 nitrogen and oxygen atoms in total. The Bertz CT molecular complexity index is 133. The van der Waals surface area contributed by atoms with Crippen LogP contribution in [0, 0.1) is 0 Å². The molecule has 0 aliphatic carbocycles. The van der Waals surface area contributed by atoms with Gasteiger partial charge >= 0.3 is 0 Å². The van der Waals surface area contributed by atoms with E-state index in [9.17, 15) is 0 Å². The van der Waals surface area contributed by atoms with Crippen LogP contribution in [0.25, 0.3) is 0 Å². The Labute approximate surface area is 74.8 Å². The highest BCUT2D eigenvalue weighted by Crippen LogP contribution is 1.80. The molecular weight excluding hydrogens is 152 g/mol. The SMILES string of the molecule is CCNC(N)=NCCN(C)CC. The van der Waals surface area contributed by atoms with Crippen LogP contribution < -0.4 is 11.1 Å². The van der Waals surface area contributed by atoms with E-state index in [0.717, 1.165) is 26.2 Å². The summed E-state index contributed by atoms with van der Waals surface area (Å²) >= 11 is 0. The molecule has 0 fully saturated rings. The topological polar surface area (TPSA) is 53.6 Å². The van der Waals surface area contributed by atoms with Gasteiger partial charge in [-0.05, 0) is 20.5 Å². The van der Waals surface area contributed by atoms with Crippen LogP contribution >= 0.6 is 0 Å². The largest absolute Gasteiger partial charge is 0.370 e. The number of nitrogens with zero attached hydrogens (tertiary/aromatic N) is 2. The highest BCUT2D eigenvalue weighted by molar-refractivity contribution is 5.77. The molecule has 0 aliphatic heterocycles. The monoisotopic (exact) mass is 172 g/mol. The molecule has 0 aromatic rings. The summed E-state index contributed by atoms with van der Waals surface area (Å²) in [5.74, 6) is 0.544. The van der Waals surface area contributed by atoms with Crippen LogP contribution in [0.15, 0.2) is 4.99 Å². The highest BCUT2D eigenvalue weighted by atomic mass is 15.1. The molecule has 0 heterocycles. The maximum atomic E-state index is 5.53. The minimum absolute atomic E-state index is 0.544. The van der Waals surface area contributed by atoms with Crippen molar-refractivity contribution < 1.29 is 0 Å². The van der Waals surface area contributed by atoms with Gasteiger partial charge in [0.2, 0.25) is 0 Å². The van der Waals surface area contributed by atoms with Gasteiger partial charge in [-0.25, -0.2) is 0 Å². The zero-order valence-corrected chi connectivity index (χ0v) is 8.30. The summed E-state index contributed by atoms with van der Waals surface area (Å²) in [5, 5.41) is 2.95. The number of likely N-dealkylation sites (N-methyl/N-ethyl adjacent to an activating group) is 1. The summed E-state index contributed by atoms with van der Waals surface area (Å²) in [6.45, 7) is 7.74. The lowest BCUT2D eigenvalue weighted by Crippen LogP contribution is -2.32. The Morgan fingerprint density at radius 3 is 2.67 bits per heavy atom. The van der Waals surface area contributed by atoms with Gasteiger partial charge in [-0.3, -0.25) is 4.99 Å². The first kappa shape index (κ1) is 11.2. The van der Waals surface area contributed by atoms with Gasteiger partial charge in [-0.1, -0.05) is 6.92 Å². The highest BCUT2D eigenvalue weighted by Gasteiger charge is 1.92. The Balaban J connectivity index is 3.45. The van der Waals surface area contributed by atoms with Gasteiger partial charge in [0.25, 0.3) is 0 Å². The van der Waals surface area contributed by atoms with Crippen LogP contribution in [-0.4, -0.2) is 44.1 Å². The third-order valence-corrected chi connectivity index (χ3v) is 1.66. The summed E-state index contributed by atoms with van der Waals surface area (Å²) < 4.78 is 0. The molecule has 72 valence electrons. The van der Waals surface area contributed by atoms with Gasteiger partial charge in [-0.2, -0.15) is 0 Å². The predicted octanol–water partition coefficient (Wildman–Crippen LogP) is -0.138. The smallest absolute Gasteiger partial charge is 0.188 e. The zero-order chi connectivity index (χ0) is 9.40. The molecule has 0 saturated carbocycles. The van der Waals surface area contributed by atoms with Crippen molar-refractivity contribution in [1.82, 2.24) is 10.2 Å². The van der Waals surface area contributed by atoms with Crippen LogP contribution in [0.3, 0.4) is 0 Å². The molecule has 12 heavy (non-hydrogen) atoms. The number of aliphatic imine (C=N–C) groups is 1. The van der Waals surface area contributed by atoms with Crippen molar-refractivity contribution in [2.24, 2.45) is 10.7 Å². The fraction of sp³-hybridized carbons (Fsp3) is 0.875. The normalized spacial score (nSPS) is 12.2. The van der Waals surface area contributed by atoms with Crippen LogP contribution in [0.5, 0.6) is 0 Å². The lowest BCUT2D eigenvalue weighted by molar-refractivity contribution is 0.363. The molecule has 3 N–H and O–H groups in total. The van der Waals surface area contributed by atoms with Gasteiger partial charge < -0.3 is 16.0 Å². The molecule has 0 spiro atoms. The summed E-state index contributed by atoms with van der Waals surface area (Å²) in [7, 11) is 2.07. The number of hydrogen-bond acceptors (Lipinski definition) is 2. The number of nitrogens with two attached hydrogens (primary N) is 1. The lowest BCUT2D eigenvalue weighted by Gasteiger charge is -2.11. The molecule has 0 aromatic heterocycles. The molecular formula is C8H20N4. The van der Waals surface area contributed by atoms with Gasteiger partial charge in [0.15, 0.2) is 5.96 Å². The second-order valence-electron chi connectivity index (χ2n) is 2.69. The fourth-order valence-corrected chi connectivity index (χ4v) is 0.736. The van der Waals surface area contributed by atoms with Crippen molar-refractivity contribution in [3.05, 3.63) is 0 Å². The standard InChI is InChI=1S/C8H20N4/c1-4-10-8(9)11-6-7-12(3)5-2/h4-7H2,1-3H3,(H3,9,10,11). The first-order valence-corrected chi connectivity index (χ1v) is 4.43. The second-order valence-corrected chi connectivity index (χ2v) is 2.69.